The molecule has 2 atom stereocenters. The van der Waals surface area contributed by atoms with E-state index < -0.39 is 0 Å². The topological polar surface area (TPSA) is 21.3 Å². The second-order valence-corrected chi connectivity index (χ2v) is 4.67. The van der Waals surface area contributed by atoms with Crippen molar-refractivity contribution >= 4 is 0 Å². The van der Waals surface area contributed by atoms with Crippen molar-refractivity contribution in [3.05, 3.63) is 0 Å². The zero-order valence-electron chi connectivity index (χ0n) is 9.72. The number of hydrogen-bond donors (Lipinski definition) is 1. The van der Waals surface area contributed by atoms with Gasteiger partial charge in [-0.15, -0.1) is 0 Å². The van der Waals surface area contributed by atoms with Crippen LogP contribution in [0.5, 0.6) is 0 Å². The Morgan fingerprint density at radius 2 is 2.14 bits per heavy atom. The van der Waals surface area contributed by atoms with Gasteiger partial charge in [0.15, 0.2) is 0 Å². The van der Waals surface area contributed by atoms with Crippen molar-refractivity contribution in [2.24, 2.45) is 11.8 Å². The molecule has 14 heavy (non-hydrogen) atoms. The fourth-order valence-corrected chi connectivity index (χ4v) is 2.43. The second kappa shape index (κ2) is 7.24. The van der Waals surface area contributed by atoms with Crippen LogP contribution < -0.4 is 5.32 Å². The molecule has 1 N–H and O–H groups in total. The lowest BCUT2D eigenvalue weighted by Crippen LogP contribution is -2.24. The van der Waals surface area contributed by atoms with E-state index in [4.69, 9.17) is 4.74 Å². The monoisotopic (exact) mass is 199 g/mol. The lowest BCUT2D eigenvalue weighted by Gasteiger charge is -2.26. The third-order valence-electron chi connectivity index (χ3n) is 3.26. The Balaban J connectivity index is 1.95. The van der Waals surface area contributed by atoms with Crippen molar-refractivity contribution < 1.29 is 4.74 Å². The molecule has 1 rings (SSSR count). The van der Waals surface area contributed by atoms with Gasteiger partial charge >= 0.3 is 0 Å². The van der Waals surface area contributed by atoms with Crippen LogP contribution in [0.15, 0.2) is 0 Å². The lowest BCUT2D eigenvalue weighted by molar-refractivity contribution is 0.197. The number of ether oxygens (including phenoxy) is 1. The van der Waals surface area contributed by atoms with Crippen LogP contribution in [0.25, 0.3) is 0 Å². The van der Waals surface area contributed by atoms with Crippen molar-refractivity contribution in [2.45, 2.75) is 39.0 Å². The Morgan fingerprint density at radius 1 is 1.29 bits per heavy atom. The summed E-state index contributed by atoms with van der Waals surface area (Å²) in [4.78, 5) is 0. The van der Waals surface area contributed by atoms with Crippen molar-refractivity contribution in [1.82, 2.24) is 5.32 Å². The van der Waals surface area contributed by atoms with Crippen LogP contribution >= 0.6 is 0 Å². The van der Waals surface area contributed by atoms with Crippen LogP contribution in [0.3, 0.4) is 0 Å². The molecule has 2 unspecified atom stereocenters. The minimum Gasteiger partial charge on any atom is -0.383 e. The van der Waals surface area contributed by atoms with Gasteiger partial charge in [0.25, 0.3) is 0 Å². The summed E-state index contributed by atoms with van der Waals surface area (Å²) >= 11 is 0. The van der Waals surface area contributed by atoms with E-state index in [1.807, 2.05) is 0 Å². The fourth-order valence-electron chi connectivity index (χ4n) is 2.43. The second-order valence-electron chi connectivity index (χ2n) is 4.67. The van der Waals surface area contributed by atoms with E-state index in [2.05, 4.69) is 12.2 Å². The Labute approximate surface area is 88.4 Å². The molecule has 0 heterocycles. The fraction of sp³-hybridized carbons (Fsp3) is 1.00. The minimum absolute atomic E-state index is 0.834. The molecule has 2 nitrogen and oxygen atoms in total. The third kappa shape index (κ3) is 4.97. The summed E-state index contributed by atoms with van der Waals surface area (Å²) < 4.78 is 4.99. The van der Waals surface area contributed by atoms with E-state index in [9.17, 15) is 0 Å². The highest BCUT2D eigenvalue weighted by atomic mass is 16.5. The molecule has 0 saturated heterocycles. The molecule has 0 aliphatic heterocycles. The highest BCUT2D eigenvalue weighted by Crippen LogP contribution is 2.30. The molecule has 0 amide bonds. The normalized spacial score (nSPS) is 27.9. The number of nitrogens with one attached hydrogen (secondary N) is 1. The van der Waals surface area contributed by atoms with Crippen LogP contribution in [0.1, 0.15) is 39.0 Å². The molecule has 1 fully saturated rings. The summed E-state index contributed by atoms with van der Waals surface area (Å²) in [6.45, 7) is 5.39. The van der Waals surface area contributed by atoms with E-state index in [-0.39, 0.29) is 0 Å². The standard InChI is InChI=1S/C12H25NO/c1-11-4-3-5-12(10-11)6-7-13-8-9-14-2/h11-13H,3-10H2,1-2H3. The van der Waals surface area contributed by atoms with Crippen LogP contribution in [0, 0.1) is 11.8 Å². The van der Waals surface area contributed by atoms with E-state index in [0.717, 1.165) is 25.0 Å². The van der Waals surface area contributed by atoms with Crippen LogP contribution in [-0.2, 0) is 4.74 Å². The number of hydrogen-bond acceptors (Lipinski definition) is 2. The molecule has 0 radical (unpaired) electrons. The average Bonchev–Trinajstić information content (AvgIpc) is 2.18. The van der Waals surface area contributed by atoms with Crippen molar-refractivity contribution in [1.29, 1.82) is 0 Å². The minimum atomic E-state index is 0.834. The third-order valence-corrected chi connectivity index (χ3v) is 3.26. The van der Waals surface area contributed by atoms with Crippen LogP contribution in [0.2, 0.25) is 0 Å². The lowest BCUT2D eigenvalue weighted by atomic mass is 9.81. The predicted octanol–water partition coefficient (Wildman–Crippen LogP) is 2.44. The molecule has 0 bridgehead atoms. The van der Waals surface area contributed by atoms with Crippen molar-refractivity contribution in [3.8, 4) is 0 Å². The zero-order chi connectivity index (χ0) is 10.2. The highest BCUT2D eigenvalue weighted by Gasteiger charge is 2.17. The largest absolute Gasteiger partial charge is 0.383 e. The van der Waals surface area contributed by atoms with Crippen molar-refractivity contribution in [2.75, 3.05) is 26.8 Å². The van der Waals surface area contributed by atoms with Gasteiger partial charge in [-0.1, -0.05) is 26.2 Å². The molecule has 0 aromatic rings. The van der Waals surface area contributed by atoms with Gasteiger partial charge in [-0.05, 0) is 31.2 Å². The first-order valence-electron chi connectivity index (χ1n) is 6.02. The van der Waals surface area contributed by atoms with E-state index >= 15 is 0 Å². The molecular formula is C12H25NO. The van der Waals surface area contributed by atoms with Crippen molar-refractivity contribution in [3.63, 3.8) is 0 Å². The molecule has 1 aliphatic rings. The van der Waals surface area contributed by atoms with E-state index in [0.29, 0.717) is 0 Å². The number of methoxy groups -OCH3 is 1. The van der Waals surface area contributed by atoms with Crippen LogP contribution in [-0.4, -0.2) is 26.8 Å². The molecule has 84 valence electrons. The summed E-state index contributed by atoms with van der Waals surface area (Å²) in [5.41, 5.74) is 0. The highest BCUT2D eigenvalue weighted by molar-refractivity contribution is 4.71. The summed E-state index contributed by atoms with van der Waals surface area (Å²) in [6.07, 6.45) is 7.16. The SMILES string of the molecule is COCCNCCC1CCCC(C)C1. The summed E-state index contributed by atoms with van der Waals surface area (Å²) in [5, 5.41) is 3.42. The quantitative estimate of drug-likeness (QED) is 0.663. The van der Waals surface area contributed by atoms with Gasteiger partial charge in [0.2, 0.25) is 0 Å². The van der Waals surface area contributed by atoms with Gasteiger partial charge < -0.3 is 10.1 Å². The maximum absolute atomic E-state index is 4.99. The number of rotatable bonds is 6. The molecule has 1 saturated carbocycles. The molecule has 0 aromatic carbocycles. The molecule has 0 spiro atoms. The Kier molecular flexibility index (Phi) is 6.20. The summed E-state index contributed by atoms with van der Waals surface area (Å²) in [5.74, 6) is 1.95. The maximum atomic E-state index is 4.99. The van der Waals surface area contributed by atoms with Gasteiger partial charge in [0, 0.05) is 13.7 Å². The molecular weight excluding hydrogens is 174 g/mol. The van der Waals surface area contributed by atoms with Gasteiger partial charge in [0.1, 0.15) is 0 Å². The Morgan fingerprint density at radius 3 is 2.86 bits per heavy atom. The van der Waals surface area contributed by atoms with Gasteiger partial charge in [-0.25, -0.2) is 0 Å². The van der Waals surface area contributed by atoms with E-state index in [1.54, 1.807) is 7.11 Å². The van der Waals surface area contributed by atoms with Crippen LogP contribution in [0.4, 0.5) is 0 Å². The smallest absolute Gasteiger partial charge is 0.0587 e. The summed E-state index contributed by atoms with van der Waals surface area (Å²) in [7, 11) is 1.75. The van der Waals surface area contributed by atoms with Gasteiger partial charge in [-0.3, -0.25) is 0 Å². The molecule has 1 aliphatic carbocycles. The maximum Gasteiger partial charge on any atom is 0.0587 e. The Bertz CT molecular complexity index is 138. The van der Waals surface area contributed by atoms with E-state index in [1.165, 1.54) is 38.6 Å². The molecule has 0 aromatic heterocycles. The zero-order valence-corrected chi connectivity index (χ0v) is 9.72. The predicted molar refractivity (Wildman–Crippen MR) is 60.5 cm³/mol. The first-order valence-corrected chi connectivity index (χ1v) is 6.02. The average molecular weight is 199 g/mol. The first kappa shape index (κ1) is 12.0. The Hall–Kier alpha value is -0.0800. The summed E-state index contributed by atoms with van der Waals surface area (Å²) in [6, 6.07) is 0. The van der Waals surface area contributed by atoms with Gasteiger partial charge in [0.05, 0.1) is 6.61 Å². The molecule has 2 heteroatoms. The first-order chi connectivity index (χ1) is 6.83. The van der Waals surface area contributed by atoms with Gasteiger partial charge in [-0.2, -0.15) is 0 Å².